The van der Waals surface area contributed by atoms with Crippen LogP contribution in [0, 0.1) is 23.0 Å². The standard InChI is InChI=1S/C27H28N6O5S/c1-20-29-25-17-28-14-11-26(25)31(20)18-21-12-15-30(16-13-21)27(34)19-32(22-5-3-2-4-6-22)39(37,38)24-9-7-23(8-10-24)33(35)36/h2-11,14,17,21H,12-13,15-16,18-19H2,1H3. The van der Waals surface area contributed by atoms with Gasteiger partial charge in [-0.25, -0.2) is 13.4 Å². The minimum absolute atomic E-state index is 0.124. The van der Waals surface area contributed by atoms with Crippen LogP contribution >= 0.6 is 0 Å². The molecule has 0 atom stereocenters. The van der Waals surface area contributed by atoms with Gasteiger partial charge in [-0.15, -0.1) is 0 Å². The van der Waals surface area contributed by atoms with E-state index in [1.165, 1.54) is 12.1 Å². The first-order valence-electron chi connectivity index (χ1n) is 12.6. The summed E-state index contributed by atoms with van der Waals surface area (Å²) in [6.45, 7) is 3.45. The molecule has 2 aromatic carbocycles. The molecule has 1 amide bonds. The van der Waals surface area contributed by atoms with Crippen LogP contribution in [0.15, 0.2) is 78.0 Å². The highest BCUT2D eigenvalue weighted by Crippen LogP contribution is 2.27. The van der Waals surface area contributed by atoms with Crippen LogP contribution in [0.4, 0.5) is 11.4 Å². The lowest BCUT2D eigenvalue weighted by Gasteiger charge is -2.34. The van der Waals surface area contributed by atoms with Gasteiger partial charge in [-0.05, 0) is 56.0 Å². The number of sulfonamides is 1. The Morgan fingerprint density at radius 3 is 2.44 bits per heavy atom. The molecule has 1 aliphatic rings. The lowest BCUT2D eigenvalue weighted by molar-refractivity contribution is -0.384. The number of anilines is 1. The van der Waals surface area contributed by atoms with Gasteiger partial charge in [0.25, 0.3) is 15.7 Å². The Hall–Kier alpha value is -4.32. The fourth-order valence-electron chi connectivity index (χ4n) is 4.95. The van der Waals surface area contributed by atoms with Gasteiger partial charge in [0, 0.05) is 38.0 Å². The van der Waals surface area contributed by atoms with Crippen molar-refractivity contribution in [3.8, 4) is 0 Å². The number of hydrogen-bond donors (Lipinski definition) is 0. The molecular formula is C27H28N6O5S. The van der Waals surface area contributed by atoms with E-state index in [0.29, 0.717) is 24.7 Å². The molecule has 0 saturated carbocycles. The summed E-state index contributed by atoms with van der Waals surface area (Å²) < 4.78 is 30.4. The van der Waals surface area contributed by atoms with E-state index < -0.39 is 14.9 Å². The van der Waals surface area contributed by atoms with Gasteiger partial charge in [-0.2, -0.15) is 0 Å². The number of carbonyl (C=O) groups excluding carboxylic acids is 1. The molecule has 3 heterocycles. The highest BCUT2D eigenvalue weighted by molar-refractivity contribution is 7.92. The maximum Gasteiger partial charge on any atom is 0.269 e. The van der Waals surface area contributed by atoms with E-state index in [2.05, 4.69) is 14.5 Å². The number of likely N-dealkylation sites (tertiary alicyclic amines) is 1. The monoisotopic (exact) mass is 548 g/mol. The number of para-hydroxylation sites is 1. The number of rotatable bonds is 8. The first kappa shape index (κ1) is 26.3. The SMILES string of the molecule is Cc1nc2cnccc2n1CC1CCN(C(=O)CN(c2ccccc2)S(=O)(=O)c2ccc([N+](=O)[O-])cc2)CC1. The maximum absolute atomic E-state index is 13.6. The molecular weight excluding hydrogens is 520 g/mol. The normalized spacial score (nSPS) is 14.4. The van der Waals surface area contributed by atoms with E-state index in [1.807, 2.05) is 13.0 Å². The number of nitrogens with zero attached hydrogens (tertiary/aromatic N) is 6. The summed E-state index contributed by atoms with van der Waals surface area (Å²) >= 11 is 0. The van der Waals surface area contributed by atoms with Gasteiger partial charge in [-0.1, -0.05) is 18.2 Å². The summed E-state index contributed by atoms with van der Waals surface area (Å²) in [4.78, 5) is 34.1. The van der Waals surface area contributed by atoms with Crippen LogP contribution in [0.3, 0.4) is 0 Å². The van der Waals surface area contributed by atoms with Gasteiger partial charge in [0.05, 0.1) is 27.2 Å². The van der Waals surface area contributed by atoms with Gasteiger partial charge in [0.2, 0.25) is 5.91 Å². The molecule has 5 rings (SSSR count). The van der Waals surface area contributed by atoms with Crippen molar-refractivity contribution < 1.29 is 18.1 Å². The summed E-state index contributed by atoms with van der Waals surface area (Å²) in [5.41, 5.74) is 2.03. The second-order valence-corrected chi connectivity index (χ2v) is 11.4. The number of nitro benzene ring substituents is 1. The van der Waals surface area contributed by atoms with E-state index >= 15 is 0 Å². The second kappa shape index (κ2) is 10.8. The zero-order valence-corrected chi connectivity index (χ0v) is 22.2. The average molecular weight is 549 g/mol. The molecule has 202 valence electrons. The van der Waals surface area contributed by atoms with Gasteiger partial charge in [0.15, 0.2) is 0 Å². The summed E-state index contributed by atoms with van der Waals surface area (Å²) in [6.07, 6.45) is 5.08. The Kier molecular flexibility index (Phi) is 7.29. The summed E-state index contributed by atoms with van der Waals surface area (Å²) in [5, 5.41) is 11.0. The van der Waals surface area contributed by atoms with Crippen LogP contribution in [-0.2, 0) is 21.4 Å². The number of imidazole rings is 1. The van der Waals surface area contributed by atoms with Crippen molar-refractivity contribution in [1.29, 1.82) is 0 Å². The third-order valence-corrected chi connectivity index (χ3v) is 8.90. The van der Waals surface area contributed by atoms with Crippen molar-refractivity contribution in [2.24, 2.45) is 5.92 Å². The predicted octanol–water partition coefficient (Wildman–Crippen LogP) is 3.78. The van der Waals surface area contributed by atoms with E-state index in [0.717, 1.165) is 52.7 Å². The molecule has 0 bridgehead atoms. The highest BCUT2D eigenvalue weighted by Gasteiger charge is 2.31. The molecule has 0 radical (unpaired) electrons. The van der Waals surface area contributed by atoms with Crippen molar-refractivity contribution in [1.82, 2.24) is 19.4 Å². The Bertz CT molecular complexity index is 1600. The molecule has 39 heavy (non-hydrogen) atoms. The molecule has 1 aliphatic heterocycles. The lowest BCUT2D eigenvalue weighted by Crippen LogP contribution is -2.46. The van der Waals surface area contributed by atoms with Crippen LogP contribution in [0.2, 0.25) is 0 Å². The van der Waals surface area contributed by atoms with Gasteiger partial charge >= 0.3 is 0 Å². The topological polar surface area (TPSA) is 132 Å². The Morgan fingerprint density at radius 1 is 1.08 bits per heavy atom. The first-order chi connectivity index (χ1) is 18.7. The number of carbonyl (C=O) groups is 1. The van der Waals surface area contributed by atoms with Gasteiger partial charge < -0.3 is 9.47 Å². The number of piperidine rings is 1. The molecule has 1 saturated heterocycles. The summed E-state index contributed by atoms with van der Waals surface area (Å²) in [7, 11) is -4.15. The maximum atomic E-state index is 13.6. The van der Waals surface area contributed by atoms with Crippen LogP contribution in [0.1, 0.15) is 18.7 Å². The van der Waals surface area contributed by atoms with Crippen LogP contribution in [0.5, 0.6) is 0 Å². The minimum Gasteiger partial charge on any atom is -0.341 e. The Balaban J connectivity index is 1.29. The quantitative estimate of drug-likeness (QED) is 0.242. The molecule has 0 aliphatic carbocycles. The molecule has 0 N–H and O–H groups in total. The lowest BCUT2D eigenvalue weighted by atomic mass is 9.96. The minimum atomic E-state index is -4.15. The number of fused-ring (bicyclic) bond motifs is 1. The molecule has 1 fully saturated rings. The molecule has 2 aromatic heterocycles. The number of aryl methyl sites for hydroxylation is 1. The van der Waals surface area contributed by atoms with Crippen molar-refractivity contribution in [3.63, 3.8) is 0 Å². The number of nitro groups is 1. The van der Waals surface area contributed by atoms with Gasteiger partial charge in [0.1, 0.15) is 17.9 Å². The number of pyridine rings is 1. The molecule has 0 spiro atoms. The summed E-state index contributed by atoms with van der Waals surface area (Å²) in [6, 6.07) is 15.0. The first-order valence-corrected chi connectivity index (χ1v) is 14.0. The predicted molar refractivity (Wildman–Crippen MR) is 146 cm³/mol. The van der Waals surface area contributed by atoms with Gasteiger partial charge in [-0.3, -0.25) is 24.2 Å². The zero-order valence-electron chi connectivity index (χ0n) is 21.4. The molecule has 0 unspecified atom stereocenters. The Labute approximate surface area is 225 Å². The van der Waals surface area contributed by atoms with Crippen LogP contribution < -0.4 is 4.31 Å². The van der Waals surface area contributed by atoms with E-state index in [4.69, 9.17) is 0 Å². The van der Waals surface area contributed by atoms with Crippen molar-refractivity contribution in [3.05, 3.63) is 89.0 Å². The number of non-ortho nitro benzene ring substituents is 1. The molecule has 11 nitrogen and oxygen atoms in total. The third kappa shape index (κ3) is 5.46. The van der Waals surface area contributed by atoms with Crippen LogP contribution in [0.25, 0.3) is 11.0 Å². The smallest absolute Gasteiger partial charge is 0.269 e. The molecule has 12 heteroatoms. The van der Waals surface area contributed by atoms with E-state index in [-0.39, 0.29) is 23.0 Å². The largest absolute Gasteiger partial charge is 0.341 e. The number of aromatic nitrogens is 3. The fraction of sp³-hybridized carbons (Fsp3) is 0.296. The summed E-state index contributed by atoms with van der Waals surface area (Å²) in [5.74, 6) is 0.983. The number of benzene rings is 2. The second-order valence-electron chi connectivity index (χ2n) is 9.56. The Morgan fingerprint density at radius 2 is 1.77 bits per heavy atom. The average Bonchev–Trinajstić information content (AvgIpc) is 3.27. The van der Waals surface area contributed by atoms with Crippen molar-refractivity contribution >= 4 is 38.3 Å². The van der Waals surface area contributed by atoms with Crippen LogP contribution in [-0.4, -0.2) is 58.3 Å². The highest BCUT2D eigenvalue weighted by atomic mass is 32.2. The number of hydrogen-bond acceptors (Lipinski definition) is 7. The van der Waals surface area contributed by atoms with Crippen molar-refractivity contribution in [2.75, 3.05) is 23.9 Å². The van der Waals surface area contributed by atoms with E-state index in [1.54, 1.807) is 47.6 Å². The molecule has 4 aromatic rings. The zero-order chi connectivity index (χ0) is 27.6. The third-order valence-electron chi connectivity index (χ3n) is 7.11. The van der Waals surface area contributed by atoms with Crippen molar-refractivity contribution in [2.45, 2.75) is 31.2 Å². The van der Waals surface area contributed by atoms with E-state index in [9.17, 15) is 23.3 Å². The fourth-order valence-corrected chi connectivity index (χ4v) is 6.37. The number of amides is 1.